The molecule has 5 heteroatoms. The van der Waals surface area contributed by atoms with Crippen LogP contribution in [0.2, 0.25) is 0 Å². The van der Waals surface area contributed by atoms with Gasteiger partial charge in [-0.2, -0.15) is 0 Å². The first kappa shape index (κ1) is 19.0. The number of likely N-dealkylation sites (tertiary alicyclic amines) is 1. The van der Waals surface area contributed by atoms with Crippen LogP contribution in [-0.2, 0) is 16.0 Å². The lowest BCUT2D eigenvalue weighted by Crippen LogP contribution is -2.35. The van der Waals surface area contributed by atoms with Gasteiger partial charge in [-0.1, -0.05) is 42.5 Å². The Bertz CT molecular complexity index is 791. The van der Waals surface area contributed by atoms with Crippen molar-refractivity contribution in [3.8, 4) is 5.75 Å². The van der Waals surface area contributed by atoms with Gasteiger partial charge in [-0.25, -0.2) is 0 Å². The van der Waals surface area contributed by atoms with Crippen LogP contribution in [0.1, 0.15) is 30.5 Å². The van der Waals surface area contributed by atoms with Gasteiger partial charge in [0.1, 0.15) is 5.75 Å². The van der Waals surface area contributed by atoms with E-state index in [1.807, 2.05) is 61.5 Å². The first-order chi connectivity index (χ1) is 13.1. The zero-order valence-corrected chi connectivity index (χ0v) is 15.9. The van der Waals surface area contributed by atoms with Gasteiger partial charge in [-0.15, -0.1) is 0 Å². The molecule has 1 N–H and O–H groups in total. The van der Waals surface area contributed by atoms with Gasteiger partial charge in [0.2, 0.25) is 11.8 Å². The van der Waals surface area contributed by atoms with Crippen LogP contribution in [0.5, 0.6) is 5.75 Å². The molecule has 2 aromatic rings. The largest absolute Gasteiger partial charge is 0.497 e. The van der Waals surface area contributed by atoms with Gasteiger partial charge in [0.05, 0.1) is 19.1 Å². The van der Waals surface area contributed by atoms with Gasteiger partial charge in [-0.05, 0) is 36.6 Å². The summed E-state index contributed by atoms with van der Waals surface area (Å²) in [5.74, 6) is 0.523. The van der Waals surface area contributed by atoms with Gasteiger partial charge >= 0.3 is 0 Å². The van der Waals surface area contributed by atoms with Crippen LogP contribution in [0.3, 0.4) is 0 Å². The first-order valence-corrected chi connectivity index (χ1v) is 9.33. The number of ether oxygens (including phenoxy) is 1. The molecule has 0 aromatic heterocycles. The molecule has 0 radical (unpaired) electrons. The Morgan fingerprint density at radius 2 is 2.00 bits per heavy atom. The van der Waals surface area contributed by atoms with E-state index in [1.165, 1.54) is 0 Å². The van der Waals surface area contributed by atoms with Crippen molar-refractivity contribution in [3.05, 3.63) is 65.7 Å². The van der Waals surface area contributed by atoms with Crippen LogP contribution < -0.4 is 10.1 Å². The van der Waals surface area contributed by atoms with E-state index in [9.17, 15) is 9.59 Å². The molecular formula is C22H26N2O3. The maximum atomic E-state index is 12.6. The van der Waals surface area contributed by atoms with Crippen LogP contribution in [0.15, 0.2) is 54.6 Å². The second-order valence-electron chi connectivity index (χ2n) is 6.98. The average Bonchev–Trinajstić information content (AvgIpc) is 3.08. The number of rotatable bonds is 7. The lowest BCUT2D eigenvalue weighted by Gasteiger charge is -2.19. The maximum absolute atomic E-state index is 12.6. The zero-order chi connectivity index (χ0) is 19.2. The van der Waals surface area contributed by atoms with Crippen molar-refractivity contribution in [3.63, 3.8) is 0 Å². The third-order valence-corrected chi connectivity index (χ3v) is 5.05. The minimum Gasteiger partial charge on any atom is -0.497 e. The Morgan fingerprint density at radius 3 is 2.74 bits per heavy atom. The van der Waals surface area contributed by atoms with Crippen molar-refractivity contribution in [1.82, 2.24) is 10.2 Å². The third kappa shape index (κ3) is 4.88. The van der Waals surface area contributed by atoms with Crippen molar-refractivity contribution in [2.75, 3.05) is 20.2 Å². The lowest BCUT2D eigenvalue weighted by molar-refractivity contribution is -0.129. The van der Waals surface area contributed by atoms with Gasteiger partial charge in [0, 0.05) is 19.5 Å². The summed E-state index contributed by atoms with van der Waals surface area (Å²) in [5, 5.41) is 3.03. The number of hydrogen-bond donors (Lipinski definition) is 1. The normalized spacial score (nSPS) is 17.6. The summed E-state index contributed by atoms with van der Waals surface area (Å²) in [6.07, 6.45) is 1.03. The van der Waals surface area contributed by atoms with Gasteiger partial charge in [0.25, 0.3) is 0 Å². The summed E-state index contributed by atoms with van der Waals surface area (Å²) in [5.41, 5.74) is 2.18. The summed E-state index contributed by atoms with van der Waals surface area (Å²) in [7, 11) is 1.64. The highest BCUT2D eigenvalue weighted by Crippen LogP contribution is 2.21. The highest BCUT2D eigenvalue weighted by atomic mass is 16.5. The monoisotopic (exact) mass is 366 g/mol. The number of carbonyl (C=O) groups is 2. The smallest absolute Gasteiger partial charge is 0.225 e. The number of benzene rings is 2. The number of carbonyl (C=O) groups excluding carboxylic acids is 2. The number of methoxy groups -OCH3 is 1. The van der Waals surface area contributed by atoms with E-state index in [4.69, 9.17) is 4.74 Å². The van der Waals surface area contributed by atoms with Crippen LogP contribution in [0.4, 0.5) is 0 Å². The quantitative estimate of drug-likeness (QED) is 0.820. The molecule has 1 heterocycles. The fourth-order valence-electron chi connectivity index (χ4n) is 3.41. The molecular weight excluding hydrogens is 340 g/mol. The predicted molar refractivity (Wildman–Crippen MR) is 104 cm³/mol. The molecule has 1 saturated heterocycles. The van der Waals surface area contributed by atoms with Gasteiger partial charge in [-0.3, -0.25) is 9.59 Å². The van der Waals surface area contributed by atoms with Crippen LogP contribution in [0.25, 0.3) is 0 Å². The Morgan fingerprint density at radius 1 is 1.22 bits per heavy atom. The molecule has 0 bridgehead atoms. The van der Waals surface area contributed by atoms with Crippen LogP contribution in [0, 0.1) is 5.92 Å². The van der Waals surface area contributed by atoms with Crippen molar-refractivity contribution in [2.24, 2.45) is 5.92 Å². The molecule has 5 nitrogen and oxygen atoms in total. The molecule has 27 heavy (non-hydrogen) atoms. The Hall–Kier alpha value is -2.82. The minimum absolute atomic E-state index is 0.0467. The standard InChI is InChI=1S/C22H26N2O3/c1-16(18-8-4-3-5-9-18)23-22(26)19-14-21(25)24(15-19)12-11-17-7-6-10-20(13-17)27-2/h3-10,13,16,19H,11-12,14-15H2,1-2H3,(H,23,26). The molecule has 2 aromatic carbocycles. The molecule has 0 saturated carbocycles. The van der Waals surface area contributed by atoms with Crippen molar-refractivity contribution in [1.29, 1.82) is 0 Å². The van der Waals surface area contributed by atoms with E-state index >= 15 is 0 Å². The molecule has 1 aliphatic rings. The summed E-state index contributed by atoms with van der Waals surface area (Å²) in [6.45, 7) is 3.06. The number of nitrogens with zero attached hydrogens (tertiary/aromatic N) is 1. The SMILES string of the molecule is COc1cccc(CCN2CC(C(=O)NC(C)c3ccccc3)CC2=O)c1. The molecule has 3 rings (SSSR count). The number of hydrogen-bond acceptors (Lipinski definition) is 3. The number of nitrogens with one attached hydrogen (secondary N) is 1. The van der Waals surface area contributed by atoms with Gasteiger partial charge in [0.15, 0.2) is 0 Å². The molecule has 2 amide bonds. The average molecular weight is 366 g/mol. The highest BCUT2D eigenvalue weighted by Gasteiger charge is 2.34. The second-order valence-corrected chi connectivity index (χ2v) is 6.98. The summed E-state index contributed by atoms with van der Waals surface area (Å²) in [6, 6.07) is 17.6. The van der Waals surface area contributed by atoms with E-state index in [-0.39, 0.29) is 30.2 Å². The molecule has 1 fully saturated rings. The van der Waals surface area contributed by atoms with Crippen LogP contribution >= 0.6 is 0 Å². The summed E-state index contributed by atoms with van der Waals surface area (Å²) >= 11 is 0. The van der Waals surface area contributed by atoms with Crippen molar-refractivity contribution in [2.45, 2.75) is 25.8 Å². The van der Waals surface area contributed by atoms with Crippen molar-refractivity contribution < 1.29 is 14.3 Å². The zero-order valence-electron chi connectivity index (χ0n) is 15.9. The first-order valence-electron chi connectivity index (χ1n) is 9.33. The molecule has 0 aliphatic carbocycles. The lowest BCUT2D eigenvalue weighted by atomic mass is 10.1. The molecule has 2 atom stereocenters. The molecule has 0 spiro atoms. The Kier molecular flexibility index (Phi) is 6.12. The minimum atomic E-state index is -0.283. The molecule has 1 aliphatic heterocycles. The maximum Gasteiger partial charge on any atom is 0.225 e. The fourth-order valence-corrected chi connectivity index (χ4v) is 3.41. The Balaban J connectivity index is 1.52. The second kappa shape index (κ2) is 8.71. The van der Waals surface area contributed by atoms with E-state index < -0.39 is 0 Å². The number of amides is 2. The van der Waals surface area contributed by atoms with Crippen LogP contribution in [-0.4, -0.2) is 36.9 Å². The molecule has 2 unspecified atom stereocenters. The van der Waals surface area contributed by atoms with E-state index in [1.54, 1.807) is 12.0 Å². The van der Waals surface area contributed by atoms with Gasteiger partial charge < -0.3 is 15.0 Å². The molecule has 142 valence electrons. The summed E-state index contributed by atoms with van der Waals surface area (Å²) < 4.78 is 5.24. The summed E-state index contributed by atoms with van der Waals surface area (Å²) in [4.78, 5) is 26.7. The topological polar surface area (TPSA) is 58.6 Å². The van der Waals surface area contributed by atoms with E-state index in [0.29, 0.717) is 13.1 Å². The van der Waals surface area contributed by atoms with E-state index in [0.717, 1.165) is 23.3 Å². The third-order valence-electron chi connectivity index (χ3n) is 5.05. The highest BCUT2D eigenvalue weighted by molar-refractivity contribution is 5.89. The van der Waals surface area contributed by atoms with E-state index in [2.05, 4.69) is 5.32 Å². The fraction of sp³-hybridized carbons (Fsp3) is 0.364. The Labute approximate surface area is 160 Å². The predicted octanol–water partition coefficient (Wildman–Crippen LogP) is 2.96. The van der Waals surface area contributed by atoms with Crippen molar-refractivity contribution >= 4 is 11.8 Å².